The Labute approximate surface area is 212 Å². The number of anilines is 1. The molecule has 0 spiro atoms. The van der Waals surface area contributed by atoms with Gasteiger partial charge in [0.05, 0.1) is 26.8 Å². The van der Waals surface area contributed by atoms with Gasteiger partial charge in [-0.15, -0.1) is 0 Å². The van der Waals surface area contributed by atoms with Crippen LogP contribution in [0.5, 0.6) is 0 Å². The van der Waals surface area contributed by atoms with E-state index in [0.29, 0.717) is 11.1 Å². The third-order valence-electron chi connectivity index (χ3n) is 4.92. The van der Waals surface area contributed by atoms with Gasteiger partial charge in [0.25, 0.3) is 11.6 Å². The lowest BCUT2D eigenvalue weighted by atomic mass is 10.1. The van der Waals surface area contributed by atoms with Crippen LogP contribution in [0.25, 0.3) is 0 Å². The number of benzene rings is 3. The van der Waals surface area contributed by atoms with Crippen LogP contribution in [-0.4, -0.2) is 25.3 Å². The summed E-state index contributed by atoms with van der Waals surface area (Å²) in [5, 5.41) is 12.1. The molecule has 0 aromatic heterocycles. The number of amides is 3. The maximum Gasteiger partial charge on any atom is 0.416 e. The third kappa shape index (κ3) is 6.54. The number of hydrogen-bond donors (Lipinski definition) is 2. The van der Waals surface area contributed by atoms with E-state index in [1.807, 2.05) is 5.43 Å². The Balaban J connectivity index is 1.95. The number of nitrogens with two attached hydrogens (primary N) is 1. The number of primary amides is 1. The molecule has 0 aliphatic carbocycles. The molecule has 15 heteroatoms. The van der Waals surface area contributed by atoms with Crippen LogP contribution in [0.2, 0.25) is 5.02 Å². The number of nitrogens with zero attached hydrogens (tertiary/aromatic N) is 2. The number of nitro groups is 1. The van der Waals surface area contributed by atoms with E-state index >= 15 is 0 Å². The molecular weight excluding hydrogens is 541 g/mol. The summed E-state index contributed by atoms with van der Waals surface area (Å²) < 4.78 is 64.8. The van der Waals surface area contributed by atoms with E-state index in [-0.39, 0.29) is 21.0 Å². The Hall–Kier alpha value is -4.17. The minimum atomic E-state index is -4.74. The van der Waals surface area contributed by atoms with Crippen LogP contribution in [0.15, 0.2) is 71.6 Å². The second-order valence-corrected chi connectivity index (χ2v) is 9.90. The van der Waals surface area contributed by atoms with E-state index in [9.17, 15) is 41.3 Å². The van der Waals surface area contributed by atoms with Crippen LogP contribution in [0.3, 0.4) is 0 Å². The lowest BCUT2D eigenvalue weighted by Crippen LogP contribution is -2.49. The van der Waals surface area contributed by atoms with E-state index in [1.54, 1.807) is 0 Å². The van der Waals surface area contributed by atoms with Gasteiger partial charge in [-0.3, -0.25) is 20.3 Å². The van der Waals surface area contributed by atoms with Gasteiger partial charge in [-0.1, -0.05) is 17.7 Å². The average molecular weight is 557 g/mol. The molecule has 0 aliphatic heterocycles. The molecule has 0 bridgehead atoms. The van der Waals surface area contributed by atoms with Crippen LogP contribution in [0.4, 0.5) is 29.3 Å². The summed E-state index contributed by atoms with van der Waals surface area (Å²) in [7, 11) is -4.11. The predicted molar refractivity (Wildman–Crippen MR) is 126 cm³/mol. The van der Waals surface area contributed by atoms with Crippen molar-refractivity contribution in [2.24, 2.45) is 5.73 Å². The Kier molecular flexibility index (Phi) is 7.74. The van der Waals surface area contributed by atoms with Gasteiger partial charge in [0.2, 0.25) is 0 Å². The van der Waals surface area contributed by atoms with Crippen LogP contribution in [-0.2, 0) is 21.8 Å². The van der Waals surface area contributed by atoms with Crippen LogP contribution < -0.4 is 16.2 Å². The molecule has 0 heterocycles. The predicted octanol–water partition coefficient (Wildman–Crippen LogP) is 4.47. The van der Waals surface area contributed by atoms with Gasteiger partial charge in [0, 0.05) is 22.2 Å². The molecule has 0 unspecified atom stereocenters. The second kappa shape index (κ2) is 10.4. The second-order valence-electron chi connectivity index (χ2n) is 7.48. The Morgan fingerprint density at radius 2 is 1.70 bits per heavy atom. The van der Waals surface area contributed by atoms with Crippen molar-refractivity contribution in [1.29, 1.82) is 0 Å². The summed E-state index contributed by atoms with van der Waals surface area (Å²) >= 11 is 5.76. The first-order valence-electron chi connectivity index (χ1n) is 10.0. The molecule has 0 saturated heterocycles. The molecule has 3 aromatic carbocycles. The van der Waals surface area contributed by atoms with Crippen molar-refractivity contribution in [1.82, 2.24) is 5.43 Å². The molecule has 0 fully saturated rings. The molecule has 0 atom stereocenters. The van der Waals surface area contributed by atoms with Crippen molar-refractivity contribution >= 4 is 44.8 Å². The number of hydrogen-bond acceptors (Lipinski definition) is 6. The van der Waals surface area contributed by atoms with E-state index in [1.165, 1.54) is 24.3 Å². The largest absolute Gasteiger partial charge is 0.416 e. The van der Waals surface area contributed by atoms with Crippen molar-refractivity contribution in [3.8, 4) is 0 Å². The smallest absolute Gasteiger partial charge is 0.350 e. The van der Waals surface area contributed by atoms with Crippen molar-refractivity contribution in [3.63, 3.8) is 0 Å². The fraction of sp³-hybridized carbons (Fsp3) is 0.0909. The molecule has 3 rings (SSSR count). The van der Waals surface area contributed by atoms with E-state index in [4.69, 9.17) is 17.3 Å². The number of alkyl halides is 3. The van der Waals surface area contributed by atoms with Gasteiger partial charge in [0.15, 0.2) is 9.84 Å². The average Bonchev–Trinajstić information content (AvgIpc) is 2.81. The zero-order chi connectivity index (χ0) is 27.5. The number of urea groups is 1. The molecule has 3 amide bonds. The summed E-state index contributed by atoms with van der Waals surface area (Å²) in [6.07, 6.45) is -4.74. The molecule has 10 nitrogen and oxygen atoms in total. The Morgan fingerprint density at radius 3 is 2.27 bits per heavy atom. The van der Waals surface area contributed by atoms with Crippen molar-refractivity contribution in [2.75, 3.05) is 5.01 Å². The highest BCUT2D eigenvalue weighted by molar-refractivity contribution is 7.90. The third-order valence-corrected chi connectivity index (χ3v) is 6.86. The van der Waals surface area contributed by atoms with Gasteiger partial charge in [-0.25, -0.2) is 18.2 Å². The fourth-order valence-electron chi connectivity index (χ4n) is 3.18. The monoisotopic (exact) mass is 556 g/mol. The summed E-state index contributed by atoms with van der Waals surface area (Å²) in [4.78, 5) is 35.1. The van der Waals surface area contributed by atoms with E-state index in [2.05, 4.69) is 0 Å². The van der Waals surface area contributed by atoms with Gasteiger partial charge >= 0.3 is 12.2 Å². The molecule has 0 saturated carbocycles. The van der Waals surface area contributed by atoms with Crippen molar-refractivity contribution < 1.29 is 36.1 Å². The first-order chi connectivity index (χ1) is 17.2. The Morgan fingerprint density at radius 1 is 1.05 bits per heavy atom. The van der Waals surface area contributed by atoms with Crippen LogP contribution >= 0.6 is 11.6 Å². The number of halogens is 4. The summed E-state index contributed by atoms with van der Waals surface area (Å²) in [6, 6.07) is 9.91. The lowest BCUT2D eigenvalue weighted by molar-refractivity contribution is -0.385. The molecule has 3 aromatic rings. The van der Waals surface area contributed by atoms with Gasteiger partial charge < -0.3 is 5.73 Å². The van der Waals surface area contributed by atoms with Gasteiger partial charge in [-0.2, -0.15) is 13.2 Å². The Bertz CT molecular complexity index is 1480. The molecule has 37 heavy (non-hydrogen) atoms. The highest BCUT2D eigenvalue weighted by atomic mass is 35.5. The standard InChI is InChI=1S/C22H16ClF3N4O6S/c23-16-5-7-18(8-6-16)37(35,36)12-14-10-13(4-9-19(14)30(33)34)20(31)28-29(21(27)32)17-3-1-2-15(11-17)22(24,25)26/h1-11H,12H2,(H2,27,32)(H,28,31). The number of rotatable bonds is 6. The number of nitrogens with one attached hydrogen (secondary N) is 1. The number of carbonyl (C=O) groups excluding carboxylic acids is 2. The topological polar surface area (TPSA) is 153 Å². The minimum Gasteiger partial charge on any atom is -0.350 e. The summed E-state index contributed by atoms with van der Waals surface area (Å²) in [5.41, 5.74) is 4.44. The SMILES string of the molecule is NC(=O)N(NC(=O)c1ccc([N+](=O)[O-])c(CS(=O)(=O)c2ccc(Cl)cc2)c1)c1cccc(C(F)(F)F)c1. The highest BCUT2D eigenvalue weighted by Gasteiger charge is 2.31. The summed E-state index contributed by atoms with van der Waals surface area (Å²) in [5.74, 6) is -1.96. The lowest BCUT2D eigenvalue weighted by Gasteiger charge is -2.22. The van der Waals surface area contributed by atoms with Crippen LogP contribution in [0.1, 0.15) is 21.5 Å². The zero-order valence-corrected chi connectivity index (χ0v) is 20.0. The van der Waals surface area contributed by atoms with Crippen molar-refractivity contribution in [3.05, 3.63) is 98.6 Å². The minimum absolute atomic E-state index is 0.175. The number of hydrazine groups is 1. The number of sulfone groups is 1. The molecule has 0 aliphatic rings. The first-order valence-corrected chi connectivity index (χ1v) is 12.1. The highest BCUT2D eigenvalue weighted by Crippen LogP contribution is 2.31. The fourth-order valence-corrected chi connectivity index (χ4v) is 4.67. The maximum atomic E-state index is 13.1. The van der Waals surface area contributed by atoms with E-state index in [0.717, 1.165) is 36.4 Å². The quantitative estimate of drug-likeness (QED) is 0.337. The number of carbonyl (C=O) groups is 2. The first kappa shape index (κ1) is 27.4. The molecular formula is C22H16ClF3N4O6S. The van der Waals surface area contributed by atoms with Crippen molar-refractivity contribution in [2.45, 2.75) is 16.8 Å². The maximum absolute atomic E-state index is 13.1. The molecule has 3 N–H and O–H groups in total. The normalized spacial score (nSPS) is 11.6. The molecule has 194 valence electrons. The zero-order valence-electron chi connectivity index (χ0n) is 18.4. The molecule has 0 radical (unpaired) electrons. The van der Waals surface area contributed by atoms with E-state index < -0.39 is 55.6 Å². The summed E-state index contributed by atoms with van der Waals surface area (Å²) in [6.45, 7) is 0. The van der Waals surface area contributed by atoms with Crippen LogP contribution in [0, 0.1) is 10.1 Å². The number of nitro benzene ring substituents is 1. The van der Waals surface area contributed by atoms with Gasteiger partial charge in [0.1, 0.15) is 0 Å². The van der Waals surface area contributed by atoms with Gasteiger partial charge in [-0.05, 0) is 54.6 Å².